The average molecular weight is 848 g/mol. The number of rotatable bonds is 20. The van der Waals surface area contributed by atoms with E-state index in [-0.39, 0.29) is 97.4 Å². The van der Waals surface area contributed by atoms with Gasteiger partial charge >= 0.3 is 0 Å². The van der Waals surface area contributed by atoms with Gasteiger partial charge in [-0.25, -0.2) is 15.0 Å². The minimum atomic E-state index is -0.615. The van der Waals surface area contributed by atoms with Crippen LogP contribution in [0.1, 0.15) is 99.3 Å². The highest BCUT2D eigenvalue weighted by atomic mass is 16.2. The van der Waals surface area contributed by atoms with Crippen molar-refractivity contribution in [1.29, 1.82) is 0 Å². The number of hydrogen-bond acceptors (Lipinski definition) is 11. The zero-order valence-electron chi connectivity index (χ0n) is 35.4. The summed E-state index contributed by atoms with van der Waals surface area (Å²) < 4.78 is 9.50. The Morgan fingerprint density at radius 3 is 1.50 bits per heavy atom. The molecule has 0 fully saturated rings. The van der Waals surface area contributed by atoms with Crippen molar-refractivity contribution in [3.63, 3.8) is 0 Å². The SMILES string of the molecule is Cn1cc(CC(=O)c2cc(CC(=O)c3cc(CC(=O)CCCNC(=O)c4nc(NC(=O)c5nc(NC(=O)c6nccn6C)cn5C)cn4C)cn3C)cn2C)cc1C(=O)CCN. The van der Waals surface area contributed by atoms with Crippen molar-refractivity contribution in [2.45, 2.75) is 38.5 Å². The van der Waals surface area contributed by atoms with Crippen molar-refractivity contribution in [1.82, 2.24) is 47.7 Å². The Kier molecular flexibility index (Phi) is 13.4. The molecule has 0 aliphatic rings. The molecule has 20 nitrogen and oxygen atoms in total. The molecule has 0 saturated carbocycles. The molecule has 0 bridgehead atoms. The summed E-state index contributed by atoms with van der Waals surface area (Å²) >= 11 is 0. The van der Waals surface area contributed by atoms with Crippen LogP contribution in [0.4, 0.5) is 11.6 Å². The predicted octanol–water partition coefficient (Wildman–Crippen LogP) is 2.11. The number of nitrogens with one attached hydrogen (secondary N) is 3. The molecular weight excluding hydrogens is 799 g/mol. The number of anilines is 2. The van der Waals surface area contributed by atoms with Crippen LogP contribution in [0, 0.1) is 0 Å². The molecule has 0 aliphatic heterocycles. The molecule has 62 heavy (non-hydrogen) atoms. The Morgan fingerprint density at radius 1 is 0.548 bits per heavy atom. The molecule has 20 heteroatoms. The van der Waals surface area contributed by atoms with Gasteiger partial charge in [0.25, 0.3) is 17.7 Å². The lowest BCUT2D eigenvalue weighted by Gasteiger charge is -2.04. The van der Waals surface area contributed by atoms with E-state index in [0.717, 1.165) is 0 Å². The van der Waals surface area contributed by atoms with Gasteiger partial charge in [0.05, 0.1) is 17.1 Å². The quantitative estimate of drug-likeness (QED) is 0.0640. The van der Waals surface area contributed by atoms with Gasteiger partial charge in [-0.05, 0) is 47.9 Å². The summed E-state index contributed by atoms with van der Waals surface area (Å²) in [6.07, 6.45) is 12.3. The maximum Gasteiger partial charge on any atom is 0.292 e. The van der Waals surface area contributed by atoms with Gasteiger partial charge in [0.15, 0.2) is 34.8 Å². The first-order chi connectivity index (χ1) is 29.5. The van der Waals surface area contributed by atoms with E-state index in [0.29, 0.717) is 40.2 Å². The Labute approximate surface area is 356 Å². The van der Waals surface area contributed by atoms with E-state index in [1.54, 1.807) is 104 Å². The number of hydrogen-bond donors (Lipinski definition) is 4. The summed E-state index contributed by atoms with van der Waals surface area (Å²) in [5.74, 6) is -1.63. The molecular formula is C42H49N13O7. The molecule has 6 aromatic heterocycles. The lowest BCUT2D eigenvalue weighted by atomic mass is 10.1. The predicted molar refractivity (Wildman–Crippen MR) is 226 cm³/mol. The number of aryl methyl sites for hydroxylation is 6. The molecule has 0 spiro atoms. The summed E-state index contributed by atoms with van der Waals surface area (Å²) in [7, 11) is 10.1. The number of carbonyl (C=O) groups is 7. The lowest BCUT2D eigenvalue weighted by Crippen LogP contribution is -2.27. The molecule has 6 heterocycles. The average Bonchev–Trinajstić information content (AvgIpc) is 4.07. The zero-order chi connectivity index (χ0) is 44.8. The highest BCUT2D eigenvalue weighted by molar-refractivity contribution is 6.04. The fraction of sp³-hybridized carbons (Fsp3) is 0.333. The van der Waals surface area contributed by atoms with Gasteiger partial charge in [-0.15, -0.1) is 0 Å². The van der Waals surface area contributed by atoms with Crippen molar-refractivity contribution in [2.24, 2.45) is 48.0 Å². The Hall–Kier alpha value is -7.48. The maximum atomic E-state index is 13.4. The minimum Gasteiger partial charge on any atom is -0.349 e. The van der Waals surface area contributed by atoms with Crippen LogP contribution in [0.5, 0.6) is 0 Å². The van der Waals surface area contributed by atoms with Crippen LogP contribution < -0.4 is 21.7 Å². The van der Waals surface area contributed by atoms with E-state index in [2.05, 4.69) is 30.9 Å². The van der Waals surface area contributed by atoms with Gasteiger partial charge < -0.3 is 49.1 Å². The molecule has 6 aromatic rings. The van der Waals surface area contributed by atoms with Crippen LogP contribution in [0.3, 0.4) is 0 Å². The molecule has 0 saturated heterocycles. The van der Waals surface area contributed by atoms with Gasteiger partial charge in [-0.1, -0.05) is 0 Å². The maximum absolute atomic E-state index is 13.4. The number of ketones is 4. The second kappa shape index (κ2) is 18.8. The fourth-order valence-corrected chi connectivity index (χ4v) is 7.12. The van der Waals surface area contributed by atoms with E-state index in [1.807, 2.05) is 0 Å². The summed E-state index contributed by atoms with van der Waals surface area (Å²) in [4.78, 5) is 103. The number of nitrogens with zero attached hydrogens (tertiary/aromatic N) is 9. The Morgan fingerprint density at radius 2 is 1.02 bits per heavy atom. The van der Waals surface area contributed by atoms with E-state index in [9.17, 15) is 33.6 Å². The normalized spacial score (nSPS) is 11.1. The standard InChI is InChI=1S/C42H49N13O7/c1-50-13-12-44-37(50)41(61)48-36-24-55(6)39(47-36)42(62)49-35-23-54(5)38(46-35)40(60)45-11-7-8-28(56)14-25-15-30(52(3)20-25)33(58)19-27-17-31(53(4)22-27)34(59)18-26-16-29(51(2)21-26)32(57)9-10-43/h12-13,15-17,20-24H,7-11,14,18-19,43H2,1-6H3,(H,45,60)(H,48,61)(H,49,62). The second-order valence-corrected chi connectivity index (χ2v) is 15.2. The third-order valence-corrected chi connectivity index (χ3v) is 10.1. The molecule has 3 amide bonds. The first-order valence-electron chi connectivity index (χ1n) is 19.7. The van der Waals surface area contributed by atoms with E-state index < -0.39 is 17.7 Å². The molecule has 0 aliphatic carbocycles. The van der Waals surface area contributed by atoms with Gasteiger partial charge in [0, 0.05) is 124 Å². The van der Waals surface area contributed by atoms with E-state index >= 15 is 0 Å². The minimum absolute atomic E-state index is 0.00893. The molecule has 6 rings (SSSR count). The Bertz CT molecular complexity index is 2700. The monoisotopic (exact) mass is 847 g/mol. The number of amides is 3. The lowest BCUT2D eigenvalue weighted by molar-refractivity contribution is -0.118. The van der Waals surface area contributed by atoms with Crippen molar-refractivity contribution < 1.29 is 33.6 Å². The van der Waals surface area contributed by atoms with Crippen molar-refractivity contribution in [2.75, 3.05) is 23.7 Å². The van der Waals surface area contributed by atoms with Gasteiger partial charge in [0.2, 0.25) is 11.6 Å². The molecule has 0 unspecified atom stereocenters. The molecule has 5 N–H and O–H groups in total. The first kappa shape index (κ1) is 44.1. The number of nitrogens with two attached hydrogens (primary N) is 1. The van der Waals surface area contributed by atoms with Crippen LogP contribution >= 0.6 is 0 Å². The second-order valence-electron chi connectivity index (χ2n) is 15.2. The summed E-state index contributed by atoms with van der Waals surface area (Å²) in [6, 6.07) is 5.11. The van der Waals surface area contributed by atoms with Gasteiger partial charge in [-0.2, -0.15) is 0 Å². The summed E-state index contributed by atoms with van der Waals surface area (Å²) in [6.45, 7) is 0.440. The number of carbonyl (C=O) groups excluding carboxylic acids is 7. The van der Waals surface area contributed by atoms with Crippen molar-refractivity contribution in [3.05, 3.63) is 113 Å². The number of imidazole rings is 3. The Balaban J connectivity index is 0.943. The third kappa shape index (κ3) is 10.3. The highest BCUT2D eigenvalue weighted by Gasteiger charge is 2.22. The van der Waals surface area contributed by atoms with Crippen molar-refractivity contribution >= 4 is 52.5 Å². The van der Waals surface area contributed by atoms with E-state index in [4.69, 9.17) is 5.73 Å². The van der Waals surface area contributed by atoms with Crippen LogP contribution in [0.25, 0.3) is 0 Å². The van der Waals surface area contributed by atoms with Crippen LogP contribution in [0.15, 0.2) is 61.6 Å². The molecule has 0 aromatic carbocycles. The molecule has 0 radical (unpaired) electrons. The van der Waals surface area contributed by atoms with Gasteiger partial charge in [-0.3, -0.25) is 33.6 Å². The van der Waals surface area contributed by atoms with Crippen LogP contribution in [-0.4, -0.2) is 96.3 Å². The number of Topliss-reactive ketones (excluding diaryl/α,β-unsaturated/α-hetero) is 4. The molecule has 0 atom stereocenters. The highest BCUT2D eigenvalue weighted by Crippen LogP contribution is 2.19. The molecule has 324 valence electrons. The van der Waals surface area contributed by atoms with Crippen molar-refractivity contribution in [3.8, 4) is 0 Å². The first-order valence-corrected chi connectivity index (χ1v) is 19.7. The topological polar surface area (TPSA) is 250 Å². The van der Waals surface area contributed by atoms with Gasteiger partial charge in [0.1, 0.15) is 5.78 Å². The fourth-order valence-electron chi connectivity index (χ4n) is 7.12. The third-order valence-electron chi connectivity index (χ3n) is 10.1. The summed E-state index contributed by atoms with van der Waals surface area (Å²) in [5.41, 5.74) is 8.95. The largest absolute Gasteiger partial charge is 0.349 e. The van der Waals surface area contributed by atoms with Crippen LogP contribution in [0.2, 0.25) is 0 Å². The number of aromatic nitrogens is 9. The van der Waals surface area contributed by atoms with E-state index in [1.165, 1.54) is 27.7 Å². The smallest absolute Gasteiger partial charge is 0.292 e. The zero-order valence-corrected chi connectivity index (χ0v) is 35.4. The van der Waals surface area contributed by atoms with Crippen LogP contribution in [-0.2, 0) is 66.3 Å². The summed E-state index contributed by atoms with van der Waals surface area (Å²) in [5, 5.41) is 7.97.